The van der Waals surface area contributed by atoms with Crippen LogP contribution >= 0.6 is 0 Å². The second kappa shape index (κ2) is 7.62. The number of esters is 1. The Morgan fingerprint density at radius 2 is 1.89 bits per heavy atom. The zero-order chi connectivity index (χ0) is 19.7. The lowest BCUT2D eigenvalue weighted by molar-refractivity contribution is -0.146. The highest BCUT2D eigenvalue weighted by Gasteiger charge is 2.34. The summed E-state index contributed by atoms with van der Waals surface area (Å²) >= 11 is 0. The van der Waals surface area contributed by atoms with Crippen LogP contribution in [0.25, 0.3) is 11.0 Å². The highest BCUT2D eigenvalue weighted by molar-refractivity contribution is 5.97. The Balaban J connectivity index is 1.77. The quantitative estimate of drug-likeness (QED) is 0.755. The molecular weight excluding hydrogens is 346 g/mol. The Labute approximate surface area is 159 Å². The van der Waals surface area contributed by atoms with Gasteiger partial charge in [-0.25, -0.2) is 4.79 Å². The number of fused-ring (bicyclic) bond motifs is 1. The number of hydrogen-bond donors (Lipinski definition) is 0. The molecular formula is C21H27NO5. The third kappa shape index (κ3) is 3.66. The smallest absolute Gasteiger partial charge is 0.375 e. The van der Waals surface area contributed by atoms with E-state index < -0.39 is 12.1 Å². The Hall–Kier alpha value is -2.50. The highest BCUT2D eigenvalue weighted by atomic mass is 16.6. The van der Waals surface area contributed by atoms with Gasteiger partial charge < -0.3 is 18.8 Å². The number of piperidine rings is 1. The lowest BCUT2D eigenvalue weighted by Gasteiger charge is -2.40. The molecule has 0 unspecified atom stereocenters. The largest absolute Gasteiger partial charge is 0.497 e. The van der Waals surface area contributed by atoms with E-state index in [0.717, 1.165) is 24.6 Å². The summed E-state index contributed by atoms with van der Waals surface area (Å²) in [6.07, 6.45) is 2.20. The molecule has 1 fully saturated rings. The van der Waals surface area contributed by atoms with E-state index in [4.69, 9.17) is 13.9 Å². The van der Waals surface area contributed by atoms with Gasteiger partial charge in [-0.2, -0.15) is 0 Å². The van der Waals surface area contributed by atoms with Crippen LogP contribution in [-0.2, 0) is 9.53 Å². The lowest BCUT2D eigenvalue weighted by Crippen LogP contribution is -2.51. The Morgan fingerprint density at radius 1 is 1.22 bits per heavy atom. The number of nitrogens with zero attached hydrogens (tertiary/aromatic N) is 1. The number of carbonyl (C=O) groups is 2. The Morgan fingerprint density at radius 3 is 2.52 bits per heavy atom. The Bertz CT molecular complexity index is 846. The van der Waals surface area contributed by atoms with Gasteiger partial charge >= 0.3 is 5.97 Å². The van der Waals surface area contributed by atoms with Crippen molar-refractivity contribution in [2.24, 2.45) is 0 Å². The number of hydrogen-bond acceptors (Lipinski definition) is 5. The molecule has 0 spiro atoms. The fourth-order valence-corrected chi connectivity index (χ4v) is 3.85. The molecule has 1 aromatic heterocycles. The topological polar surface area (TPSA) is 69.0 Å². The number of furan rings is 1. The van der Waals surface area contributed by atoms with E-state index >= 15 is 0 Å². The van der Waals surface area contributed by atoms with Gasteiger partial charge in [0.05, 0.1) is 7.11 Å². The van der Waals surface area contributed by atoms with Gasteiger partial charge in [-0.05, 0) is 65.2 Å². The Kier molecular flexibility index (Phi) is 5.44. The molecule has 146 valence electrons. The summed E-state index contributed by atoms with van der Waals surface area (Å²) in [5, 5.41) is 0.790. The van der Waals surface area contributed by atoms with Gasteiger partial charge in [0.1, 0.15) is 11.3 Å². The average Bonchev–Trinajstić information content (AvgIpc) is 2.97. The summed E-state index contributed by atoms with van der Waals surface area (Å²) in [4.78, 5) is 27.3. The molecule has 2 heterocycles. The van der Waals surface area contributed by atoms with Crippen molar-refractivity contribution < 1.29 is 23.5 Å². The third-order valence-corrected chi connectivity index (χ3v) is 5.41. The van der Waals surface area contributed by atoms with E-state index in [1.54, 1.807) is 33.1 Å². The maximum atomic E-state index is 12.8. The molecule has 6 heteroatoms. The summed E-state index contributed by atoms with van der Waals surface area (Å²) in [6.45, 7) is 7.50. The van der Waals surface area contributed by atoms with Crippen molar-refractivity contribution in [2.45, 2.75) is 65.1 Å². The second-order valence-corrected chi connectivity index (χ2v) is 7.34. The first kappa shape index (κ1) is 19.3. The number of benzene rings is 1. The molecule has 0 bridgehead atoms. The minimum atomic E-state index is -0.859. The second-order valence-electron chi connectivity index (χ2n) is 7.34. The predicted octanol–water partition coefficient (Wildman–Crippen LogP) is 4.08. The SMILES string of the molecule is COc1ccc2oc(C(=O)O[C@@H](C)C(=O)N3[C@H](C)CCC[C@@H]3C)c(C)c2c1. The van der Waals surface area contributed by atoms with Crippen molar-refractivity contribution in [3.05, 3.63) is 29.5 Å². The number of methoxy groups -OCH3 is 1. The maximum Gasteiger partial charge on any atom is 0.375 e. The van der Waals surface area contributed by atoms with Crippen LogP contribution in [-0.4, -0.2) is 42.1 Å². The average molecular weight is 373 g/mol. The van der Waals surface area contributed by atoms with Crippen LogP contribution in [0.15, 0.2) is 22.6 Å². The molecule has 3 atom stereocenters. The van der Waals surface area contributed by atoms with E-state index in [-0.39, 0.29) is 23.8 Å². The maximum absolute atomic E-state index is 12.8. The van der Waals surface area contributed by atoms with Gasteiger partial charge in [0, 0.05) is 23.0 Å². The number of aryl methyl sites for hydroxylation is 1. The number of ether oxygens (including phenoxy) is 2. The van der Waals surface area contributed by atoms with Crippen molar-refractivity contribution in [2.75, 3.05) is 7.11 Å². The monoisotopic (exact) mass is 373 g/mol. The zero-order valence-electron chi connectivity index (χ0n) is 16.6. The van der Waals surface area contributed by atoms with Gasteiger partial charge in [0.15, 0.2) is 6.10 Å². The normalized spacial score (nSPS) is 21.1. The first-order valence-electron chi connectivity index (χ1n) is 9.43. The molecule has 1 amide bonds. The number of carbonyl (C=O) groups excluding carboxylic acids is 2. The molecule has 0 saturated carbocycles. The van der Waals surface area contributed by atoms with Crippen LogP contribution in [0.1, 0.15) is 56.2 Å². The van der Waals surface area contributed by atoms with Crippen LogP contribution in [0.2, 0.25) is 0 Å². The summed E-state index contributed by atoms with van der Waals surface area (Å²) in [5.74, 6) is 0.0277. The molecule has 1 aliphatic heterocycles. The van der Waals surface area contributed by atoms with Gasteiger partial charge in [0.2, 0.25) is 5.76 Å². The van der Waals surface area contributed by atoms with Crippen LogP contribution < -0.4 is 4.74 Å². The summed E-state index contributed by atoms with van der Waals surface area (Å²) < 4.78 is 16.4. The predicted molar refractivity (Wildman–Crippen MR) is 102 cm³/mol. The highest BCUT2D eigenvalue weighted by Crippen LogP contribution is 2.30. The van der Waals surface area contributed by atoms with Gasteiger partial charge in [-0.3, -0.25) is 4.79 Å². The van der Waals surface area contributed by atoms with Crippen molar-refractivity contribution in [1.82, 2.24) is 4.90 Å². The number of likely N-dealkylation sites (tertiary alicyclic amines) is 1. The van der Waals surface area contributed by atoms with Crippen LogP contribution in [0.4, 0.5) is 0 Å². The molecule has 0 aliphatic carbocycles. The summed E-state index contributed by atoms with van der Waals surface area (Å²) in [6, 6.07) is 5.65. The summed E-state index contributed by atoms with van der Waals surface area (Å²) in [5.41, 5.74) is 1.26. The number of amides is 1. The molecule has 0 N–H and O–H groups in total. The van der Waals surface area contributed by atoms with Crippen LogP contribution in [0.3, 0.4) is 0 Å². The fraction of sp³-hybridized carbons (Fsp3) is 0.524. The molecule has 3 rings (SSSR count). The third-order valence-electron chi connectivity index (χ3n) is 5.41. The molecule has 1 saturated heterocycles. The van der Waals surface area contributed by atoms with Gasteiger partial charge in [-0.1, -0.05) is 0 Å². The van der Waals surface area contributed by atoms with Gasteiger partial charge in [-0.15, -0.1) is 0 Å². The first-order chi connectivity index (χ1) is 12.8. The van der Waals surface area contributed by atoms with E-state index in [2.05, 4.69) is 0 Å². The standard InChI is InChI=1S/C21H27NO5/c1-12-7-6-8-13(2)22(12)20(23)15(4)26-21(24)19-14(3)17-11-16(25-5)9-10-18(17)27-19/h9-13,15H,6-8H2,1-5H3/t12-,13+,15-/m0/s1. The van der Waals surface area contributed by atoms with Gasteiger partial charge in [0.25, 0.3) is 5.91 Å². The summed E-state index contributed by atoms with van der Waals surface area (Å²) in [7, 11) is 1.58. The fourth-order valence-electron chi connectivity index (χ4n) is 3.85. The minimum Gasteiger partial charge on any atom is -0.497 e. The number of rotatable bonds is 4. The van der Waals surface area contributed by atoms with E-state index in [9.17, 15) is 9.59 Å². The van der Waals surface area contributed by atoms with Crippen LogP contribution in [0.5, 0.6) is 5.75 Å². The minimum absolute atomic E-state index is 0.123. The van der Waals surface area contributed by atoms with E-state index in [0.29, 0.717) is 16.9 Å². The van der Waals surface area contributed by atoms with Crippen molar-refractivity contribution >= 4 is 22.8 Å². The molecule has 1 aromatic carbocycles. The van der Waals surface area contributed by atoms with Crippen LogP contribution in [0, 0.1) is 6.92 Å². The van der Waals surface area contributed by atoms with Crippen molar-refractivity contribution in [1.29, 1.82) is 0 Å². The molecule has 0 radical (unpaired) electrons. The lowest BCUT2D eigenvalue weighted by atomic mass is 9.97. The van der Waals surface area contributed by atoms with Crippen molar-refractivity contribution in [3.63, 3.8) is 0 Å². The molecule has 2 aromatic rings. The van der Waals surface area contributed by atoms with E-state index in [1.165, 1.54) is 0 Å². The first-order valence-corrected chi connectivity index (χ1v) is 9.43. The van der Waals surface area contributed by atoms with Crippen molar-refractivity contribution in [3.8, 4) is 5.75 Å². The van der Waals surface area contributed by atoms with E-state index in [1.807, 2.05) is 24.8 Å². The molecule has 6 nitrogen and oxygen atoms in total. The molecule has 1 aliphatic rings. The molecule has 27 heavy (non-hydrogen) atoms. The zero-order valence-corrected chi connectivity index (χ0v) is 16.6.